The van der Waals surface area contributed by atoms with Gasteiger partial charge in [0.1, 0.15) is 12.4 Å². The predicted molar refractivity (Wildman–Crippen MR) is 147 cm³/mol. The van der Waals surface area contributed by atoms with E-state index in [-0.39, 0.29) is 12.3 Å². The Morgan fingerprint density at radius 1 is 1.03 bits per heavy atom. The fourth-order valence-electron chi connectivity index (χ4n) is 5.04. The lowest BCUT2D eigenvalue weighted by Crippen LogP contribution is -2.30. The van der Waals surface area contributed by atoms with Crippen molar-refractivity contribution in [2.45, 2.75) is 57.5 Å². The van der Waals surface area contributed by atoms with Gasteiger partial charge >= 0.3 is 5.97 Å². The molecular weight excluding hydrogens is 488 g/mol. The number of anilines is 1. The van der Waals surface area contributed by atoms with E-state index in [2.05, 4.69) is 11.0 Å². The second kappa shape index (κ2) is 13.0. The molecule has 0 saturated carbocycles. The van der Waals surface area contributed by atoms with Gasteiger partial charge in [-0.15, -0.1) is 0 Å². The minimum atomic E-state index is -0.678. The summed E-state index contributed by atoms with van der Waals surface area (Å²) < 4.78 is 11.5. The van der Waals surface area contributed by atoms with Gasteiger partial charge in [0.05, 0.1) is 18.7 Å². The lowest BCUT2D eigenvalue weighted by molar-refractivity contribution is -0.145. The zero-order valence-electron chi connectivity index (χ0n) is 21.9. The van der Waals surface area contributed by atoms with Gasteiger partial charge in [0.25, 0.3) is 0 Å². The van der Waals surface area contributed by atoms with E-state index >= 15 is 0 Å². The molecule has 7 heteroatoms. The van der Waals surface area contributed by atoms with Gasteiger partial charge in [-0.1, -0.05) is 35.9 Å². The number of rotatable bonds is 1. The van der Waals surface area contributed by atoms with Crippen LogP contribution in [0.25, 0.3) is 0 Å². The predicted octanol–water partition coefficient (Wildman–Crippen LogP) is 5.91. The SMILES string of the molecule is COC(=O)C1CC(=O)N(C)C/C=C/CCCCN2CCCCc3cc(Cl)ccc3COc3ccc1cc32. The van der Waals surface area contributed by atoms with Gasteiger partial charge in [-0.05, 0) is 79.5 Å². The van der Waals surface area contributed by atoms with Crippen LogP contribution in [0.1, 0.15) is 61.1 Å². The number of likely N-dealkylation sites (N-methyl/N-ethyl adjacent to an activating group) is 1. The highest BCUT2D eigenvalue weighted by Gasteiger charge is 2.28. The average molecular weight is 525 g/mol. The van der Waals surface area contributed by atoms with Gasteiger partial charge in [0.15, 0.2) is 0 Å². The molecule has 0 aromatic heterocycles. The van der Waals surface area contributed by atoms with Crippen LogP contribution in [0.2, 0.25) is 5.02 Å². The van der Waals surface area contributed by atoms with Gasteiger partial charge < -0.3 is 19.3 Å². The summed E-state index contributed by atoms with van der Waals surface area (Å²) in [5.74, 6) is -0.392. The van der Waals surface area contributed by atoms with Crippen molar-refractivity contribution < 1.29 is 19.1 Å². The summed E-state index contributed by atoms with van der Waals surface area (Å²) >= 11 is 6.29. The van der Waals surface area contributed by atoms with E-state index < -0.39 is 11.9 Å². The van der Waals surface area contributed by atoms with Crippen molar-refractivity contribution in [3.05, 3.63) is 70.3 Å². The van der Waals surface area contributed by atoms with Crippen LogP contribution in [0, 0.1) is 0 Å². The Hall–Kier alpha value is -2.99. The van der Waals surface area contributed by atoms with E-state index in [1.54, 1.807) is 11.9 Å². The number of methoxy groups -OCH3 is 1. The van der Waals surface area contributed by atoms with Crippen LogP contribution in [-0.2, 0) is 27.4 Å². The first-order chi connectivity index (χ1) is 18.0. The van der Waals surface area contributed by atoms with Crippen LogP contribution in [0.15, 0.2) is 48.6 Å². The fraction of sp³-hybridized carbons (Fsp3) is 0.467. The maximum absolute atomic E-state index is 13.0. The monoisotopic (exact) mass is 524 g/mol. The highest BCUT2D eigenvalue weighted by molar-refractivity contribution is 6.30. The largest absolute Gasteiger partial charge is 0.487 e. The maximum Gasteiger partial charge on any atom is 0.313 e. The third-order valence-corrected chi connectivity index (χ3v) is 7.52. The van der Waals surface area contributed by atoms with Gasteiger partial charge in [-0.3, -0.25) is 9.59 Å². The summed E-state index contributed by atoms with van der Waals surface area (Å²) in [5, 5.41) is 0.747. The van der Waals surface area contributed by atoms with E-state index in [1.165, 1.54) is 12.7 Å². The quantitative estimate of drug-likeness (QED) is 0.343. The number of esters is 1. The third kappa shape index (κ3) is 7.07. The van der Waals surface area contributed by atoms with Crippen molar-refractivity contribution in [2.75, 3.05) is 38.7 Å². The third-order valence-electron chi connectivity index (χ3n) is 7.29. The summed E-state index contributed by atoms with van der Waals surface area (Å²) in [6.07, 6.45) is 10.4. The van der Waals surface area contributed by atoms with Crippen LogP contribution in [0.4, 0.5) is 5.69 Å². The Kier molecular flexibility index (Phi) is 9.51. The smallest absolute Gasteiger partial charge is 0.313 e. The van der Waals surface area contributed by atoms with Crippen molar-refractivity contribution >= 4 is 29.2 Å². The van der Waals surface area contributed by atoms with E-state index in [9.17, 15) is 9.59 Å². The highest BCUT2D eigenvalue weighted by atomic mass is 35.5. The molecule has 2 aromatic rings. The number of allylic oxidation sites excluding steroid dienone is 1. The second-order valence-electron chi connectivity index (χ2n) is 9.89. The molecule has 0 fully saturated rings. The molecule has 4 rings (SSSR count). The lowest BCUT2D eigenvalue weighted by Gasteiger charge is -2.28. The summed E-state index contributed by atoms with van der Waals surface area (Å²) in [5.41, 5.74) is 4.11. The zero-order chi connectivity index (χ0) is 26.2. The fourth-order valence-corrected chi connectivity index (χ4v) is 5.24. The zero-order valence-corrected chi connectivity index (χ0v) is 22.6. The number of carbonyl (C=O) groups excluding carboxylic acids is 2. The first kappa shape index (κ1) is 27.1. The molecule has 0 spiro atoms. The number of hydrogen-bond donors (Lipinski definition) is 0. The van der Waals surface area contributed by atoms with Crippen LogP contribution in [0.5, 0.6) is 5.75 Å². The first-order valence-electron chi connectivity index (χ1n) is 13.2. The molecule has 1 amide bonds. The number of amides is 1. The molecular formula is C30H37ClN2O4. The first-order valence-corrected chi connectivity index (χ1v) is 13.6. The molecule has 2 aliphatic heterocycles. The minimum absolute atomic E-state index is 0.0603. The summed E-state index contributed by atoms with van der Waals surface area (Å²) in [6, 6.07) is 11.9. The molecule has 0 radical (unpaired) electrons. The summed E-state index contributed by atoms with van der Waals surface area (Å²) in [7, 11) is 3.15. The molecule has 1 atom stereocenters. The van der Waals surface area contributed by atoms with Crippen LogP contribution < -0.4 is 9.64 Å². The number of halogens is 1. The summed E-state index contributed by atoms with van der Waals surface area (Å²) in [4.78, 5) is 29.9. The maximum atomic E-state index is 13.0. The number of fused-ring (bicyclic) bond motifs is 2. The lowest BCUT2D eigenvalue weighted by atomic mass is 9.94. The molecule has 2 bridgehead atoms. The number of benzene rings is 2. The number of carbonyl (C=O) groups is 2. The molecule has 198 valence electrons. The molecule has 0 N–H and O–H groups in total. The van der Waals surface area contributed by atoms with E-state index in [0.29, 0.717) is 13.2 Å². The normalized spacial score (nSPS) is 20.4. The highest BCUT2D eigenvalue weighted by Crippen LogP contribution is 2.36. The van der Waals surface area contributed by atoms with Crippen molar-refractivity contribution in [1.29, 1.82) is 0 Å². The van der Waals surface area contributed by atoms with Crippen molar-refractivity contribution in [2.24, 2.45) is 0 Å². The standard InChI is InChI=1S/C30H37ClN2O4/c1-32-15-7-4-3-5-8-16-33-17-9-6-10-22-18-25(31)13-11-24(22)21-37-28-14-12-23(19-27(28)33)26(20-29(32)34)30(35)36-2/h4,7,11-14,18-19,26H,3,5-6,8-10,15-17,20-21H2,1-2H3/b7-4+. The van der Waals surface area contributed by atoms with E-state index in [1.807, 2.05) is 42.5 Å². The molecule has 2 aromatic carbocycles. The molecule has 1 unspecified atom stereocenters. The number of nitrogens with zero attached hydrogens (tertiary/aromatic N) is 2. The van der Waals surface area contributed by atoms with E-state index in [0.717, 1.165) is 79.2 Å². The molecule has 2 heterocycles. The van der Waals surface area contributed by atoms with Crippen molar-refractivity contribution in [3.8, 4) is 5.75 Å². The Morgan fingerprint density at radius 3 is 2.65 bits per heavy atom. The Balaban J connectivity index is 1.74. The van der Waals surface area contributed by atoms with Crippen LogP contribution >= 0.6 is 11.6 Å². The summed E-state index contributed by atoms with van der Waals surface area (Å²) in [6.45, 7) is 2.76. The Labute approximate surface area is 225 Å². The molecule has 0 aliphatic carbocycles. The molecule has 37 heavy (non-hydrogen) atoms. The van der Waals surface area contributed by atoms with Crippen LogP contribution in [0.3, 0.4) is 0 Å². The van der Waals surface area contributed by atoms with Gasteiger partial charge in [-0.25, -0.2) is 0 Å². The Bertz CT molecular complexity index is 1130. The molecule has 2 aliphatic rings. The van der Waals surface area contributed by atoms with Crippen LogP contribution in [-0.4, -0.2) is 50.6 Å². The van der Waals surface area contributed by atoms with Crippen molar-refractivity contribution in [1.82, 2.24) is 4.90 Å². The second-order valence-corrected chi connectivity index (χ2v) is 10.3. The molecule has 0 saturated heterocycles. The number of hydrogen-bond acceptors (Lipinski definition) is 5. The van der Waals surface area contributed by atoms with Crippen molar-refractivity contribution in [3.63, 3.8) is 0 Å². The van der Waals surface area contributed by atoms with Gasteiger partial charge in [0.2, 0.25) is 5.91 Å². The number of ether oxygens (including phenoxy) is 2. The van der Waals surface area contributed by atoms with Gasteiger partial charge in [-0.2, -0.15) is 0 Å². The number of aryl methyl sites for hydroxylation is 1. The topological polar surface area (TPSA) is 59.1 Å². The van der Waals surface area contributed by atoms with E-state index in [4.69, 9.17) is 21.1 Å². The van der Waals surface area contributed by atoms with Gasteiger partial charge in [0, 0.05) is 38.1 Å². The minimum Gasteiger partial charge on any atom is -0.487 e. The Morgan fingerprint density at radius 2 is 1.84 bits per heavy atom. The average Bonchev–Trinajstić information content (AvgIpc) is 2.93. The molecule has 6 nitrogen and oxygen atoms in total.